The number of morpholine rings is 1. The molecule has 1 aromatic heterocycles. The molecule has 8 heteroatoms. The second kappa shape index (κ2) is 10.8. The maximum atomic E-state index is 5.47. The molecule has 1 aliphatic rings. The zero-order chi connectivity index (χ0) is 19.1. The highest BCUT2D eigenvalue weighted by molar-refractivity contribution is 14.0. The standard InChI is InChI=1S/C20H30N6O.HI/c1-20(2,26-10-12-27-13-11-26)15-24-19(21-3)23-14-17-6-4-5-7-18(17)25-9-8-22-16-25;/h4-9,16H,10-15H2,1-3H3,(H2,21,23,24);1H. The van der Waals surface area contributed by atoms with Crippen LogP contribution in [0.2, 0.25) is 0 Å². The molecule has 1 saturated heterocycles. The summed E-state index contributed by atoms with van der Waals surface area (Å²) in [6.45, 7) is 9.57. The Kier molecular flexibility index (Phi) is 8.71. The summed E-state index contributed by atoms with van der Waals surface area (Å²) in [7, 11) is 1.80. The van der Waals surface area contributed by atoms with Gasteiger partial charge in [0.15, 0.2) is 5.96 Å². The van der Waals surface area contributed by atoms with Crippen LogP contribution in [0.15, 0.2) is 48.0 Å². The summed E-state index contributed by atoms with van der Waals surface area (Å²) in [5, 5.41) is 6.89. The van der Waals surface area contributed by atoms with Gasteiger partial charge in [0.05, 0.1) is 25.2 Å². The lowest BCUT2D eigenvalue weighted by Crippen LogP contribution is -2.56. The minimum Gasteiger partial charge on any atom is -0.379 e. The Labute approximate surface area is 184 Å². The largest absolute Gasteiger partial charge is 0.379 e. The molecular weight excluding hydrogens is 467 g/mol. The van der Waals surface area contributed by atoms with Gasteiger partial charge in [-0.25, -0.2) is 4.98 Å². The van der Waals surface area contributed by atoms with Gasteiger partial charge < -0.3 is 19.9 Å². The van der Waals surface area contributed by atoms with Crippen molar-refractivity contribution in [2.45, 2.75) is 25.9 Å². The normalized spacial score (nSPS) is 15.8. The number of guanidine groups is 1. The van der Waals surface area contributed by atoms with Crippen molar-refractivity contribution in [2.24, 2.45) is 4.99 Å². The lowest BCUT2D eigenvalue weighted by Gasteiger charge is -2.41. The predicted octanol–water partition coefficient (Wildman–Crippen LogP) is 2.27. The van der Waals surface area contributed by atoms with E-state index in [0.29, 0.717) is 6.54 Å². The van der Waals surface area contributed by atoms with Crippen molar-refractivity contribution in [1.82, 2.24) is 25.1 Å². The quantitative estimate of drug-likeness (QED) is 0.364. The van der Waals surface area contributed by atoms with E-state index in [2.05, 4.69) is 57.6 Å². The zero-order valence-corrected chi connectivity index (χ0v) is 19.2. The van der Waals surface area contributed by atoms with Crippen LogP contribution >= 0.6 is 24.0 Å². The van der Waals surface area contributed by atoms with Gasteiger partial charge >= 0.3 is 0 Å². The molecule has 28 heavy (non-hydrogen) atoms. The van der Waals surface area contributed by atoms with E-state index in [0.717, 1.165) is 44.5 Å². The summed E-state index contributed by atoms with van der Waals surface area (Å²) < 4.78 is 7.49. The fourth-order valence-electron chi connectivity index (χ4n) is 3.29. The fourth-order valence-corrected chi connectivity index (χ4v) is 3.29. The van der Waals surface area contributed by atoms with Crippen molar-refractivity contribution >= 4 is 29.9 Å². The third-order valence-electron chi connectivity index (χ3n) is 5.00. The average Bonchev–Trinajstić information content (AvgIpc) is 3.24. The Bertz CT molecular complexity index is 741. The number of rotatable bonds is 6. The predicted molar refractivity (Wildman–Crippen MR) is 124 cm³/mol. The van der Waals surface area contributed by atoms with Crippen molar-refractivity contribution < 1.29 is 4.74 Å². The molecule has 2 heterocycles. The van der Waals surface area contributed by atoms with E-state index in [4.69, 9.17) is 4.74 Å². The minimum atomic E-state index is 0. The van der Waals surface area contributed by atoms with Crippen LogP contribution in [-0.4, -0.2) is 65.8 Å². The van der Waals surface area contributed by atoms with Crippen molar-refractivity contribution in [3.05, 3.63) is 48.5 Å². The molecule has 0 aliphatic carbocycles. The van der Waals surface area contributed by atoms with Crippen LogP contribution in [0, 0.1) is 0 Å². The van der Waals surface area contributed by atoms with Crippen molar-refractivity contribution in [2.75, 3.05) is 39.9 Å². The second-order valence-electron chi connectivity index (χ2n) is 7.29. The summed E-state index contributed by atoms with van der Waals surface area (Å²) in [4.78, 5) is 11.0. The Morgan fingerprint density at radius 1 is 1.21 bits per heavy atom. The highest BCUT2D eigenvalue weighted by atomic mass is 127. The molecule has 0 radical (unpaired) electrons. The lowest BCUT2D eigenvalue weighted by molar-refractivity contribution is -0.00834. The zero-order valence-electron chi connectivity index (χ0n) is 16.9. The number of nitrogens with zero attached hydrogens (tertiary/aromatic N) is 4. The molecule has 0 saturated carbocycles. The third-order valence-corrected chi connectivity index (χ3v) is 5.00. The maximum Gasteiger partial charge on any atom is 0.191 e. The van der Waals surface area contributed by atoms with Gasteiger partial charge in [0.2, 0.25) is 0 Å². The van der Waals surface area contributed by atoms with Gasteiger partial charge in [0.1, 0.15) is 0 Å². The van der Waals surface area contributed by atoms with E-state index in [-0.39, 0.29) is 29.5 Å². The van der Waals surface area contributed by atoms with Gasteiger partial charge in [0, 0.05) is 51.2 Å². The van der Waals surface area contributed by atoms with Crippen LogP contribution in [0.25, 0.3) is 5.69 Å². The molecule has 7 nitrogen and oxygen atoms in total. The first-order chi connectivity index (χ1) is 13.1. The smallest absolute Gasteiger partial charge is 0.191 e. The van der Waals surface area contributed by atoms with Crippen molar-refractivity contribution in [3.8, 4) is 5.69 Å². The van der Waals surface area contributed by atoms with Crippen LogP contribution in [-0.2, 0) is 11.3 Å². The highest BCUT2D eigenvalue weighted by Crippen LogP contribution is 2.16. The molecule has 2 aromatic rings. The summed E-state index contributed by atoms with van der Waals surface area (Å²) in [5.74, 6) is 0.803. The summed E-state index contributed by atoms with van der Waals surface area (Å²) in [6.07, 6.45) is 5.56. The molecule has 0 unspecified atom stereocenters. The maximum absolute atomic E-state index is 5.47. The van der Waals surface area contributed by atoms with E-state index in [1.807, 2.05) is 23.2 Å². The number of para-hydroxylation sites is 1. The Hall–Kier alpha value is -1.65. The number of ether oxygens (including phenoxy) is 1. The van der Waals surface area contributed by atoms with Gasteiger partial charge in [-0.3, -0.25) is 9.89 Å². The Balaban J connectivity index is 0.00000280. The van der Waals surface area contributed by atoms with Crippen LogP contribution in [0.1, 0.15) is 19.4 Å². The molecule has 1 aromatic carbocycles. The molecule has 1 fully saturated rings. The van der Waals surface area contributed by atoms with Crippen molar-refractivity contribution in [1.29, 1.82) is 0 Å². The van der Waals surface area contributed by atoms with Crippen LogP contribution < -0.4 is 10.6 Å². The van der Waals surface area contributed by atoms with E-state index in [9.17, 15) is 0 Å². The average molecular weight is 498 g/mol. The first kappa shape index (κ1) is 22.6. The number of aliphatic imine (C=N–C) groups is 1. The molecule has 1 aliphatic heterocycles. The summed E-state index contributed by atoms with van der Waals surface area (Å²) in [5.41, 5.74) is 2.34. The van der Waals surface area contributed by atoms with E-state index in [1.165, 1.54) is 5.56 Å². The van der Waals surface area contributed by atoms with Gasteiger partial charge in [-0.1, -0.05) is 18.2 Å². The molecule has 3 rings (SSSR count). The van der Waals surface area contributed by atoms with Crippen LogP contribution in [0.4, 0.5) is 0 Å². The number of hydrogen-bond acceptors (Lipinski definition) is 4. The number of benzene rings is 1. The third kappa shape index (κ3) is 5.92. The number of nitrogens with one attached hydrogen (secondary N) is 2. The molecule has 154 valence electrons. The molecule has 0 amide bonds. The first-order valence-corrected chi connectivity index (χ1v) is 9.44. The fraction of sp³-hybridized carbons (Fsp3) is 0.500. The molecule has 2 N–H and O–H groups in total. The molecule has 0 bridgehead atoms. The van der Waals surface area contributed by atoms with E-state index < -0.39 is 0 Å². The van der Waals surface area contributed by atoms with E-state index >= 15 is 0 Å². The van der Waals surface area contributed by atoms with Crippen LogP contribution in [0.3, 0.4) is 0 Å². The van der Waals surface area contributed by atoms with Crippen molar-refractivity contribution in [3.63, 3.8) is 0 Å². The lowest BCUT2D eigenvalue weighted by atomic mass is 10.0. The number of halogens is 1. The first-order valence-electron chi connectivity index (χ1n) is 9.44. The van der Waals surface area contributed by atoms with Gasteiger partial charge in [-0.2, -0.15) is 0 Å². The van der Waals surface area contributed by atoms with Gasteiger partial charge in [0.25, 0.3) is 0 Å². The highest BCUT2D eigenvalue weighted by Gasteiger charge is 2.28. The summed E-state index contributed by atoms with van der Waals surface area (Å²) >= 11 is 0. The summed E-state index contributed by atoms with van der Waals surface area (Å²) in [6, 6.07) is 8.30. The molecule has 0 spiro atoms. The topological polar surface area (TPSA) is 66.7 Å². The molecular formula is C20H31IN6O. The van der Waals surface area contributed by atoms with Gasteiger partial charge in [-0.05, 0) is 25.5 Å². The van der Waals surface area contributed by atoms with E-state index in [1.54, 1.807) is 13.2 Å². The second-order valence-corrected chi connectivity index (χ2v) is 7.29. The number of hydrogen-bond donors (Lipinski definition) is 2. The monoisotopic (exact) mass is 498 g/mol. The van der Waals surface area contributed by atoms with Crippen LogP contribution in [0.5, 0.6) is 0 Å². The Morgan fingerprint density at radius 2 is 1.96 bits per heavy atom. The Morgan fingerprint density at radius 3 is 2.64 bits per heavy atom. The SMILES string of the molecule is CN=C(NCc1ccccc1-n1ccnc1)NCC(C)(C)N1CCOCC1.I. The minimum absolute atomic E-state index is 0. The number of aromatic nitrogens is 2. The number of imidazole rings is 1. The molecule has 0 atom stereocenters. The van der Waals surface area contributed by atoms with Gasteiger partial charge in [-0.15, -0.1) is 24.0 Å².